The third kappa shape index (κ3) is 3.94. The largest absolute Gasteiger partial charge is 0.497 e. The molecule has 3 aromatic rings. The Bertz CT molecular complexity index is 952. The zero-order chi connectivity index (χ0) is 19.6. The van der Waals surface area contributed by atoms with E-state index in [9.17, 15) is 4.79 Å². The predicted molar refractivity (Wildman–Crippen MR) is 100 cm³/mol. The van der Waals surface area contributed by atoms with Gasteiger partial charge in [-0.3, -0.25) is 4.79 Å². The summed E-state index contributed by atoms with van der Waals surface area (Å²) in [6, 6.07) is 7.16. The van der Waals surface area contributed by atoms with E-state index in [1.165, 1.54) is 0 Å². The summed E-state index contributed by atoms with van der Waals surface area (Å²) >= 11 is 0. The lowest BCUT2D eigenvalue weighted by atomic mass is 10.2. The average Bonchev–Trinajstić information content (AvgIpc) is 3.19. The minimum Gasteiger partial charge on any atom is -0.497 e. The van der Waals surface area contributed by atoms with E-state index >= 15 is 0 Å². The Balaban J connectivity index is 1.80. The number of amides is 1. The normalized spacial score (nSPS) is 10.7. The van der Waals surface area contributed by atoms with Crippen molar-refractivity contribution >= 4 is 11.6 Å². The molecule has 0 aliphatic heterocycles. The smallest absolute Gasteiger partial charge is 0.249 e. The molecule has 0 fully saturated rings. The van der Waals surface area contributed by atoms with Crippen molar-refractivity contribution in [3.8, 4) is 23.0 Å². The lowest BCUT2D eigenvalue weighted by Gasteiger charge is -2.12. The van der Waals surface area contributed by atoms with Crippen molar-refractivity contribution in [2.75, 3.05) is 19.5 Å². The molecule has 3 rings (SSSR count). The fraction of sp³-hybridized carbons (Fsp3) is 0.316. The number of benzene rings is 1. The van der Waals surface area contributed by atoms with E-state index in [-0.39, 0.29) is 12.5 Å². The van der Waals surface area contributed by atoms with E-state index in [0.717, 1.165) is 17.0 Å². The number of anilines is 1. The molecular formula is C19H22N4O4. The molecule has 0 saturated heterocycles. The molecule has 0 radical (unpaired) electrons. The molecule has 1 N–H and O–H groups in total. The molecule has 2 aromatic heterocycles. The first-order chi connectivity index (χ1) is 12.9. The van der Waals surface area contributed by atoms with Gasteiger partial charge in [-0.15, -0.1) is 10.2 Å². The van der Waals surface area contributed by atoms with Gasteiger partial charge in [-0.25, -0.2) is 0 Å². The number of carbonyl (C=O) groups excluding carboxylic acids is 1. The van der Waals surface area contributed by atoms with Crippen molar-refractivity contribution in [2.45, 2.75) is 27.3 Å². The highest BCUT2D eigenvalue weighted by Crippen LogP contribution is 2.27. The Morgan fingerprint density at radius 2 is 1.74 bits per heavy atom. The first-order valence-corrected chi connectivity index (χ1v) is 8.41. The highest BCUT2D eigenvalue weighted by Gasteiger charge is 2.17. The van der Waals surface area contributed by atoms with Crippen molar-refractivity contribution < 1.29 is 18.7 Å². The summed E-state index contributed by atoms with van der Waals surface area (Å²) < 4.78 is 17.9. The van der Waals surface area contributed by atoms with E-state index in [1.54, 1.807) is 39.3 Å². The zero-order valence-corrected chi connectivity index (χ0v) is 16.0. The van der Waals surface area contributed by atoms with Crippen LogP contribution in [0.1, 0.15) is 17.3 Å². The molecule has 2 heterocycles. The number of hydrogen-bond acceptors (Lipinski definition) is 6. The van der Waals surface area contributed by atoms with Crippen molar-refractivity contribution in [3.05, 3.63) is 41.5 Å². The second kappa shape index (κ2) is 7.53. The summed E-state index contributed by atoms with van der Waals surface area (Å²) in [6.45, 7) is 5.75. The van der Waals surface area contributed by atoms with E-state index in [1.807, 2.05) is 24.5 Å². The molecule has 0 atom stereocenters. The van der Waals surface area contributed by atoms with Gasteiger partial charge in [0.2, 0.25) is 17.7 Å². The van der Waals surface area contributed by atoms with Gasteiger partial charge < -0.3 is 23.8 Å². The molecule has 0 unspecified atom stereocenters. The number of nitrogens with one attached hydrogen (secondary N) is 1. The lowest BCUT2D eigenvalue weighted by molar-refractivity contribution is -0.116. The second-order valence-electron chi connectivity index (χ2n) is 6.15. The number of aromatic nitrogens is 3. The first kappa shape index (κ1) is 18.5. The highest BCUT2D eigenvalue weighted by atomic mass is 16.5. The Kier molecular flexibility index (Phi) is 5.16. The number of ether oxygens (including phenoxy) is 2. The molecule has 8 heteroatoms. The zero-order valence-electron chi connectivity index (χ0n) is 16.0. The number of aryl methyl sites for hydroxylation is 2. The fourth-order valence-corrected chi connectivity index (χ4v) is 2.89. The van der Waals surface area contributed by atoms with Crippen molar-refractivity contribution in [2.24, 2.45) is 0 Å². The van der Waals surface area contributed by atoms with E-state index in [0.29, 0.717) is 29.0 Å². The van der Waals surface area contributed by atoms with Gasteiger partial charge in [0.15, 0.2) is 0 Å². The molecule has 0 spiro atoms. The molecular weight excluding hydrogens is 348 g/mol. The van der Waals surface area contributed by atoms with Crippen LogP contribution in [0.4, 0.5) is 5.69 Å². The summed E-state index contributed by atoms with van der Waals surface area (Å²) in [5, 5.41) is 10.8. The van der Waals surface area contributed by atoms with E-state index < -0.39 is 0 Å². The summed E-state index contributed by atoms with van der Waals surface area (Å²) in [6.07, 6.45) is 0. The maximum atomic E-state index is 12.6. The topological polar surface area (TPSA) is 91.4 Å². The summed E-state index contributed by atoms with van der Waals surface area (Å²) in [7, 11) is 3.13. The molecule has 8 nitrogen and oxygen atoms in total. The van der Waals surface area contributed by atoms with Crippen LogP contribution in [0.2, 0.25) is 0 Å². The fourth-order valence-electron chi connectivity index (χ4n) is 2.89. The summed E-state index contributed by atoms with van der Waals surface area (Å²) in [5.74, 6) is 1.99. The van der Waals surface area contributed by atoms with E-state index in [2.05, 4.69) is 15.5 Å². The molecule has 1 aromatic carbocycles. The Morgan fingerprint density at radius 3 is 2.30 bits per heavy atom. The van der Waals surface area contributed by atoms with Crippen LogP contribution >= 0.6 is 0 Å². The van der Waals surface area contributed by atoms with Gasteiger partial charge in [0.25, 0.3) is 0 Å². The lowest BCUT2D eigenvalue weighted by Crippen LogP contribution is -2.20. The van der Waals surface area contributed by atoms with Crippen LogP contribution < -0.4 is 14.8 Å². The van der Waals surface area contributed by atoms with Gasteiger partial charge in [-0.1, -0.05) is 0 Å². The van der Waals surface area contributed by atoms with Crippen LogP contribution in [-0.2, 0) is 11.3 Å². The molecule has 1 amide bonds. The number of hydrogen-bond donors (Lipinski definition) is 1. The monoisotopic (exact) mass is 370 g/mol. The van der Waals surface area contributed by atoms with Crippen LogP contribution in [0.25, 0.3) is 11.5 Å². The van der Waals surface area contributed by atoms with Crippen molar-refractivity contribution in [1.29, 1.82) is 0 Å². The molecule has 142 valence electrons. The standard InChI is InChI=1S/C19H22N4O4/c1-11-6-17(19-22-21-13(3)27-19)12(2)23(11)10-18(24)20-14-7-15(25-4)9-16(8-14)26-5/h6-9H,10H2,1-5H3,(H,20,24). The van der Waals surface area contributed by atoms with E-state index in [4.69, 9.17) is 13.9 Å². The molecule has 27 heavy (non-hydrogen) atoms. The number of rotatable bonds is 6. The van der Waals surface area contributed by atoms with Crippen LogP contribution in [0.5, 0.6) is 11.5 Å². The van der Waals surface area contributed by atoms with Crippen LogP contribution in [0.3, 0.4) is 0 Å². The molecule has 0 aliphatic carbocycles. The minimum absolute atomic E-state index is 0.157. The Hall–Kier alpha value is -3.29. The molecule has 0 saturated carbocycles. The van der Waals surface area contributed by atoms with Gasteiger partial charge in [0.05, 0.1) is 19.8 Å². The van der Waals surface area contributed by atoms with Gasteiger partial charge >= 0.3 is 0 Å². The third-order valence-corrected chi connectivity index (χ3v) is 4.27. The van der Waals surface area contributed by atoms with Crippen LogP contribution in [-0.4, -0.2) is 34.9 Å². The quantitative estimate of drug-likeness (QED) is 0.717. The van der Waals surface area contributed by atoms with Gasteiger partial charge in [0.1, 0.15) is 18.0 Å². The maximum Gasteiger partial charge on any atom is 0.249 e. The highest BCUT2D eigenvalue weighted by molar-refractivity contribution is 5.91. The average molecular weight is 370 g/mol. The second-order valence-corrected chi connectivity index (χ2v) is 6.15. The SMILES string of the molecule is COc1cc(NC(=O)Cn2c(C)cc(-c3nnc(C)o3)c2C)cc(OC)c1. The molecule has 0 bridgehead atoms. The number of nitrogens with zero attached hydrogens (tertiary/aromatic N) is 3. The molecule has 0 aliphatic rings. The first-order valence-electron chi connectivity index (χ1n) is 8.41. The van der Waals surface area contributed by atoms with Gasteiger partial charge in [0, 0.05) is 42.2 Å². The third-order valence-electron chi connectivity index (χ3n) is 4.27. The maximum absolute atomic E-state index is 12.6. The van der Waals surface area contributed by atoms with Gasteiger partial charge in [-0.05, 0) is 19.9 Å². The Morgan fingerprint density at radius 1 is 1.07 bits per heavy atom. The predicted octanol–water partition coefficient (Wildman–Crippen LogP) is 3.12. The van der Waals surface area contributed by atoms with Crippen LogP contribution in [0, 0.1) is 20.8 Å². The minimum atomic E-state index is -0.166. The van der Waals surface area contributed by atoms with Crippen molar-refractivity contribution in [1.82, 2.24) is 14.8 Å². The van der Waals surface area contributed by atoms with Crippen molar-refractivity contribution in [3.63, 3.8) is 0 Å². The Labute approximate surface area is 157 Å². The summed E-state index contributed by atoms with van der Waals surface area (Å²) in [4.78, 5) is 12.6. The van der Waals surface area contributed by atoms with Gasteiger partial charge in [-0.2, -0.15) is 0 Å². The number of methoxy groups -OCH3 is 2. The van der Waals surface area contributed by atoms with Crippen LogP contribution in [0.15, 0.2) is 28.7 Å². The number of carbonyl (C=O) groups is 1. The summed E-state index contributed by atoms with van der Waals surface area (Å²) in [5.41, 5.74) is 3.24.